The van der Waals surface area contributed by atoms with Crippen LogP contribution in [-0.2, 0) is 10.2 Å². The van der Waals surface area contributed by atoms with E-state index in [-0.39, 0.29) is 11.8 Å². The number of aromatic nitrogens is 1. The minimum absolute atomic E-state index is 0.0541. The molecule has 2 aromatic carbocycles. The fourth-order valence-electron chi connectivity index (χ4n) is 4.16. The lowest BCUT2D eigenvalue weighted by Gasteiger charge is -2.19. The summed E-state index contributed by atoms with van der Waals surface area (Å²) in [6.07, 6.45) is 2.47. The number of nitrogens with zero attached hydrogens (tertiary/aromatic N) is 1. The highest BCUT2D eigenvalue weighted by atomic mass is 32.1. The molecule has 1 saturated carbocycles. The Kier molecular flexibility index (Phi) is 5.43. The number of hydrogen-bond acceptors (Lipinski definition) is 4. The van der Waals surface area contributed by atoms with Crippen LogP contribution in [0, 0.1) is 0 Å². The number of amides is 1. The monoisotopic (exact) mass is 428 g/mol. The Morgan fingerprint density at radius 3 is 2.26 bits per heavy atom. The zero-order valence-corrected chi connectivity index (χ0v) is 18.0. The number of benzene rings is 2. The molecular weight excluding hydrogens is 404 g/mol. The number of carbonyl (C=O) groups excluding carboxylic acids is 1. The first kappa shape index (κ1) is 19.8. The van der Waals surface area contributed by atoms with Crippen molar-refractivity contribution in [2.45, 2.75) is 30.6 Å². The van der Waals surface area contributed by atoms with Gasteiger partial charge in [-0.15, -0.1) is 11.3 Å². The van der Waals surface area contributed by atoms with Gasteiger partial charge in [0.1, 0.15) is 0 Å². The van der Waals surface area contributed by atoms with E-state index in [1.54, 1.807) is 11.3 Å². The summed E-state index contributed by atoms with van der Waals surface area (Å²) in [7, 11) is 0. The minimum atomic E-state index is -0.534. The average molecular weight is 429 g/mol. The number of hydrogen-bond donors (Lipinski definition) is 1. The van der Waals surface area contributed by atoms with E-state index in [9.17, 15) is 4.79 Å². The molecule has 1 aliphatic rings. The molecule has 5 heteroatoms. The smallest absolute Gasteiger partial charge is 0.232 e. The number of rotatable bonds is 8. The van der Waals surface area contributed by atoms with Gasteiger partial charge in [-0.3, -0.25) is 4.79 Å². The predicted octanol–water partition coefficient (Wildman–Crippen LogP) is 5.77. The second-order valence-corrected chi connectivity index (χ2v) is 9.00. The maximum Gasteiger partial charge on any atom is 0.232 e. The van der Waals surface area contributed by atoms with Crippen molar-refractivity contribution in [1.29, 1.82) is 0 Å². The Balaban J connectivity index is 1.26. The molecule has 1 fully saturated rings. The van der Waals surface area contributed by atoms with Crippen LogP contribution < -0.4 is 5.32 Å². The molecule has 2 aromatic heterocycles. The molecule has 0 saturated heterocycles. The van der Waals surface area contributed by atoms with E-state index in [0.717, 1.165) is 35.6 Å². The van der Waals surface area contributed by atoms with E-state index >= 15 is 0 Å². The van der Waals surface area contributed by atoms with Gasteiger partial charge in [0.25, 0.3) is 0 Å². The fourth-order valence-corrected chi connectivity index (χ4v) is 4.83. The van der Waals surface area contributed by atoms with Crippen molar-refractivity contribution >= 4 is 17.2 Å². The van der Waals surface area contributed by atoms with Crippen molar-refractivity contribution < 1.29 is 9.32 Å². The van der Waals surface area contributed by atoms with Crippen molar-refractivity contribution in [3.8, 4) is 10.6 Å². The third kappa shape index (κ3) is 4.06. The summed E-state index contributed by atoms with van der Waals surface area (Å²) in [6, 6.07) is 26.9. The third-order valence-corrected chi connectivity index (χ3v) is 6.96. The first-order valence-corrected chi connectivity index (χ1v) is 11.5. The van der Waals surface area contributed by atoms with Gasteiger partial charge in [0.15, 0.2) is 5.76 Å². The maximum absolute atomic E-state index is 13.1. The summed E-state index contributed by atoms with van der Waals surface area (Å²) in [6.45, 7) is 0.616. The molecule has 0 spiro atoms. The van der Waals surface area contributed by atoms with Gasteiger partial charge in [-0.05, 0) is 41.8 Å². The van der Waals surface area contributed by atoms with E-state index in [0.29, 0.717) is 6.54 Å². The number of thiophene rings is 1. The molecular formula is C26H24N2O2S. The topological polar surface area (TPSA) is 55.1 Å². The molecule has 156 valence electrons. The SMILES string of the molecule is O=C(NCCC(c1ccccc1)c1ccccc1)C1(c2cc(-c3cccs3)on2)CC1. The predicted molar refractivity (Wildman–Crippen MR) is 123 cm³/mol. The standard InChI is InChI=1S/C26H24N2O2S/c29-25(26(14-15-26)24-18-22(30-28-24)23-12-7-17-31-23)27-16-13-21(19-8-3-1-4-9-19)20-10-5-2-6-11-20/h1-12,17-18,21H,13-16H2,(H,27,29). The fraction of sp³-hybridized carbons (Fsp3) is 0.231. The molecule has 1 amide bonds. The third-order valence-electron chi connectivity index (χ3n) is 6.07. The number of carbonyl (C=O) groups is 1. The van der Waals surface area contributed by atoms with Crippen molar-refractivity contribution in [3.05, 3.63) is 101 Å². The van der Waals surface area contributed by atoms with Crippen LogP contribution in [0.3, 0.4) is 0 Å². The normalized spacial score (nSPS) is 14.5. The van der Waals surface area contributed by atoms with E-state index < -0.39 is 5.41 Å². The zero-order chi connectivity index (χ0) is 21.1. The van der Waals surface area contributed by atoms with Crippen LogP contribution >= 0.6 is 11.3 Å². The lowest BCUT2D eigenvalue weighted by atomic mass is 9.88. The Hall–Kier alpha value is -3.18. The van der Waals surface area contributed by atoms with Crippen LogP contribution in [0.1, 0.15) is 42.0 Å². The molecule has 0 atom stereocenters. The highest BCUT2D eigenvalue weighted by Crippen LogP contribution is 2.48. The van der Waals surface area contributed by atoms with Gasteiger partial charge in [0.05, 0.1) is 16.0 Å². The van der Waals surface area contributed by atoms with Gasteiger partial charge in [-0.2, -0.15) is 0 Å². The molecule has 0 bridgehead atoms. The van der Waals surface area contributed by atoms with E-state index in [1.807, 2.05) is 35.7 Å². The molecule has 0 aliphatic heterocycles. The zero-order valence-electron chi connectivity index (χ0n) is 17.2. The number of nitrogens with one attached hydrogen (secondary N) is 1. The van der Waals surface area contributed by atoms with Gasteiger partial charge in [-0.1, -0.05) is 71.9 Å². The highest BCUT2D eigenvalue weighted by molar-refractivity contribution is 7.13. The second-order valence-electron chi connectivity index (χ2n) is 8.05. The van der Waals surface area contributed by atoms with Crippen molar-refractivity contribution in [2.24, 2.45) is 0 Å². The summed E-state index contributed by atoms with van der Waals surface area (Å²) in [5.74, 6) is 1.03. The Morgan fingerprint density at radius 2 is 1.68 bits per heavy atom. The molecule has 31 heavy (non-hydrogen) atoms. The van der Waals surface area contributed by atoms with Gasteiger partial charge in [0, 0.05) is 18.5 Å². The quantitative estimate of drug-likeness (QED) is 0.387. The summed E-state index contributed by atoms with van der Waals surface area (Å²) in [4.78, 5) is 14.1. The van der Waals surface area contributed by atoms with Crippen LogP contribution in [0.25, 0.3) is 10.6 Å². The molecule has 0 unspecified atom stereocenters. The van der Waals surface area contributed by atoms with E-state index in [2.05, 4.69) is 59.0 Å². The first-order chi connectivity index (χ1) is 15.3. The molecule has 1 N–H and O–H groups in total. The first-order valence-electron chi connectivity index (χ1n) is 10.7. The van der Waals surface area contributed by atoms with Crippen molar-refractivity contribution in [2.75, 3.05) is 6.54 Å². The molecule has 0 radical (unpaired) electrons. The van der Waals surface area contributed by atoms with Crippen molar-refractivity contribution in [1.82, 2.24) is 10.5 Å². The van der Waals surface area contributed by atoms with Crippen LogP contribution in [-0.4, -0.2) is 17.6 Å². The molecule has 4 aromatic rings. The van der Waals surface area contributed by atoms with Gasteiger partial charge < -0.3 is 9.84 Å². The minimum Gasteiger partial charge on any atom is -0.355 e. The second kappa shape index (κ2) is 8.52. The summed E-state index contributed by atoms with van der Waals surface area (Å²) in [5, 5.41) is 9.42. The highest BCUT2D eigenvalue weighted by Gasteiger charge is 2.53. The molecule has 4 nitrogen and oxygen atoms in total. The van der Waals surface area contributed by atoms with Crippen LogP contribution in [0.2, 0.25) is 0 Å². The lowest BCUT2D eigenvalue weighted by Crippen LogP contribution is -2.36. The molecule has 1 aliphatic carbocycles. The lowest BCUT2D eigenvalue weighted by molar-refractivity contribution is -0.123. The Labute approximate surface area is 185 Å². The Morgan fingerprint density at radius 1 is 1.00 bits per heavy atom. The van der Waals surface area contributed by atoms with Gasteiger partial charge in [0.2, 0.25) is 5.91 Å². The van der Waals surface area contributed by atoms with Crippen molar-refractivity contribution in [3.63, 3.8) is 0 Å². The summed E-state index contributed by atoms with van der Waals surface area (Å²) < 4.78 is 5.52. The van der Waals surface area contributed by atoms with Crippen LogP contribution in [0.5, 0.6) is 0 Å². The van der Waals surface area contributed by atoms with E-state index in [1.165, 1.54) is 11.1 Å². The van der Waals surface area contributed by atoms with Crippen LogP contribution in [0.15, 0.2) is 88.8 Å². The van der Waals surface area contributed by atoms with Crippen LogP contribution in [0.4, 0.5) is 0 Å². The largest absolute Gasteiger partial charge is 0.355 e. The maximum atomic E-state index is 13.1. The molecule has 2 heterocycles. The van der Waals surface area contributed by atoms with Gasteiger partial charge in [-0.25, -0.2) is 0 Å². The molecule has 5 rings (SSSR count). The van der Waals surface area contributed by atoms with E-state index in [4.69, 9.17) is 4.52 Å². The van der Waals surface area contributed by atoms with Gasteiger partial charge >= 0.3 is 0 Å². The summed E-state index contributed by atoms with van der Waals surface area (Å²) in [5.41, 5.74) is 2.74. The Bertz CT molecular complexity index is 1090. The summed E-state index contributed by atoms with van der Waals surface area (Å²) >= 11 is 1.61. The average Bonchev–Trinajstić information content (AvgIpc) is 3.21.